The minimum atomic E-state index is -0.352. The Morgan fingerprint density at radius 2 is 2.00 bits per heavy atom. The first-order valence-electron chi connectivity index (χ1n) is 7.22. The maximum Gasteiger partial charge on any atom is 0.262 e. The van der Waals surface area contributed by atoms with Crippen LogP contribution in [0, 0.1) is 5.82 Å². The van der Waals surface area contributed by atoms with Gasteiger partial charge in [-0.25, -0.2) is 4.39 Å². The zero-order valence-electron chi connectivity index (χ0n) is 12.5. The normalized spacial score (nSPS) is 12.9. The molecule has 0 saturated heterocycles. The van der Waals surface area contributed by atoms with E-state index in [9.17, 15) is 14.0 Å². The van der Waals surface area contributed by atoms with E-state index in [1.54, 1.807) is 35.2 Å². The lowest BCUT2D eigenvalue weighted by molar-refractivity contribution is -0.118. The van der Waals surface area contributed by atoms with Gasteiger partial charge in [0.2, 0.25) is 0 Å². The third-order valence-electron chi connectivity index (χ3n) is 3.56. The van der Waals surface area contributed by atoms with E-state index in [4.69, 9.17) is 4.74 Å². The SMILES string of the molecule is CCN(C(=O)c1ccc2c(c1)OCC(=O)N2)c1ccc(F)cc1. The van der Waals surface area contributed by atoms with Gasteiger partial charge >= 0.3 is 0 Å². The number of halogens is 1. The molecular formula is C17H15FN2O3. The largest absolute Gasteiger partial charge is 0.482 e. The molecule has 2 aromatic carbocycles. The molecule has 3 rings (SSSR count). The third-order valence-corrected chi connectivity index (χ3v) is 3.56. The molecule has 1 N–H and O–H groups in total. The Bertz CT molecular complexity index is 759. The van der Waals surface area contributed by atoms with Crippen molar-refractivity contribution in [3.8, 4) is 5.75 Å². The van der Waals surface area contributed by atoms with E-state index in [0.29, 0.717) is 29.2 Å². The maximum atomic E-state index is 13.0. The van der Waals surface area contributed by atoms with Crippen molar-refractivity contribution in [1.29, 1.82) is 0 Å². The summed E-state index contributed by atoms with van der Waals surface area (Å²) in [5.41, 5.74) is 1.60. The number of amides is 2. The molecule has 6 heteroatoms. The van der Waals surface area contributed by atoms with Gasteiger partial charge in [0.05, 0.1) is 5.69 Å². The molecule has 118 valence electrons. The molecular weight excluding hydrogens is 299 g/mol. The number of anilines is 2. The lowest BCUT2D eigenvalue weighted by Crippen LogP contribution is -2.31. The second kappa shape index (κ2) is 6.08. The average molecular weight is 314 g/mol. The second-order valence-electron chi connectivity index (χ2n) is 5.07. The quantitative estimate of drug-likeness (QED) is 0.948. The first-order valence-corrected chi connectivity index (χ1v) is 7.22. The summed E-state index contributed by atoms with van der Waals surface area (Å²) >= 11 is 0. The van der Waals surface area contributed by atoms with Crippen LogP contribution in [0.25, 0.3) is 0 Å². The fourth-order valence-corrected chi connectivity index (χ4v) is 2.43. The third kappa shape index (κ3) is 3.01. The highest BCUT2D eigenvalue weighted by molar-refractivity contribution is 6.07. The molecule has 0 spiro atoms. The molecule has 1 aliphatic heterocycles. The molecule has 0 saturated carbocycles. The Morgan fingerprint density at radius 3 is 2.70 bits per heavy atom. The molecule has 0 fully saturated rings. The summed E-state index contributed by atoms with van der Waals surface area (Å²) in [5, 5.41) is 2.68. The zero-order valence-corrected chi connectivity index (χ0v) is 12.5. The number of benzene rings is 2. The van der Waals surface area contributed by atoms with Crippen LogP contribution < -0.4 is 15.0 Å². The van der Waals surface area contributed by atoms with Crippen molar-refractivity contribution in [3.63, 3.8) is 0 Å². The predicted molar refractivity (Wildman–Crippen MR) is 84.3 cm³/mol. The summed E-state index contributed by atoms with van der Waals surface area (Å²) in [6.45, 7) is 2.22. The fraction of sp³-hybridized carbons (Fsp3) is 0.176. The zero-order chi connectivity index (χ0) is 16.4. The average Bonchev–Trinajstić information content (AvgIpc) is 2.56. The van der Waals surface area contributed by atoms with Gasteiger partial charge in [0.15, 0.2) is 6.61 Å². The minimum absolute atomic E-state index is 0.0693. The van der Waals surface area contributed by atoms with Crippen molar-refractivity contribution in [1.82, 2.24) is 0 Å². The van der Waals surface area contributed by atoms with Gasteiger partial charge in [0.1, 0.15) is 11.6 Å². The van der Waals surface area contributed by atoms with Crippen molar-refractivity contribution in [2.75, 3.05) is 23.4 Å². The summed E-state index contributed by atoms with van der Waals surface area (Å²) in [7, 11) is 0. The molecule has 23 heavy (non-hydrogen) atoms. The van der Waals surface area contributed by atoms with Gasteiger partial charge in [-0.15, -0.1) is 0 Å². The van der Waals surface area contributed by atoms with Crippen LogP contribution in [0.3, 0.4) is 0 Å². The molecule has 2 amide bonds. The standard InChI is InChI=1S/C17H15FN2O3/c1-2-20(13-6-4-12(18)5-7-13)17(22)11-3-8-14-15(9-11)23-10-16(21)19-14/h3-9H,2,10H2,1H3,(H,19,21). The van der Waals surface area contributed by atoms with E-state index >= 15 is 0 Å². The second-order valence-corrected chi connectivity index (χ2v) is 5.07. The first-order chi connectivity index (χ1) is 11.1. The molecule has 0 aliphatic carbocycles. The van der Waals surface area contributed by atoms with Crippen LogP contribution in [0.4, 0.5) is 15.8 Å². The molecule has 1 heterocycles. The fourth-order valence-electron chi connectivity index (χ4n) is 2.43. The summed E-state index contributed by atoms with van der Waals surface area (Å²) in [6.07, 6.45) is 0. The Morgan fingerprint density at radius 1 is 1.26 bits per heavy atom. The molecule has 0 aromatic heterocycles. The van der Waals surface area contributed by atoms with Crippen LogP contribution in [-0.4, -0.2) is 25.0 Å². The number of fused-ring (bicyclic) bond motifs is 1. The van der Waals surface area contributed by atoms with Crippen LogP contribution in [-0.2, 0) is 4.79 Å². The number of ether oxygens (including phenoxy) is 1. The number of carbonyl (C=O) groups is 2. The summed E-state index contributed by atoms with van der Waals surface area (Å²) < 4.78 is 18.4. The van der Waals surface area contributed by atoms with E-state index in [-0.39, 0.29) is 24.2 Å². The highest BCUT2D eigenvalue weighted by atomic mass is 19.1. The molecule has 0 bridgehead atoms. The Kier molecular flexibility index (Phi) is 3.97. The minimum Gasteiger partial charge on any atom is -0.482 e. The van der Waals surface area contributed by atoms with Crippen molar-refractivity contribution >= 4 is 23.2 Å². The van der Waals surface area contributed by atoms with E-state index in [2.05, 4.69) is 5.32 Å². The molecule has 2 aromatic rings. The summed E-state index contributed by atoms with van der Waals surface area (Å²) in [4.78, 5) is 25.5. The van der Waals surface area contributed by atoms with Crippen LogP contribution in [0.1, 0.15) is 17.3 Å². The number of hydrogen-bond donors (Lipinski definition) is 1. The van der Waals surface area contributed by atoms with Crippen LogP contribution in [0.2, 0.25) is 0 Å². The molecule has 0 unspecified atom stereocenters. The number of carbonyl (C=O) groups excluding carboxylic acids is 2. The molecule has 5 nitrogen and oxygen atoms in total. The number of nitrogens with zero attached hydrogens (tertiary/aromatic N) is 1. The van der Waals surface area contributed by atoms with E-state index < -0.39 is 0 Å². The van der Waals surface area contributed by atoms with Crippen molar-refractivity contribution in [3.05, 3.63) is 53.8 Å². The van der Waals surface area contributed by atoms with E-state index in [1.165, 1.54) is 12.1 Å². The predicted octanol–water partition coefficient (Wildman–Crippen LogP) is 2.82. The molecule has 1 aliphatic rings. The Labute approximate surface area is 132 Å². The Hall–Kier alpha value is -2.89. The van der Waals surface area contributed by atoms with Gasteiger partial charge in [-0.3, -0.25) is 9.59 Å². The first kappa shape index (κ1) is 15.0. The number of nitrogens with one attached hydrogen (secondary N) is 1. The van der Waals surface area contributed by atoms with E-state index in [1.807, 2.05) is 6.92 Å². The maximum absolute atomic E-state index is 13.0. The summed E-state index contributed by atoms with van der Waals surface area (Å²) in [6, 6.07) is 10.6. The molecule has 0 radical (unpaired) electrons. The summed E-state index contributed by atoms with van der Waals surface area (Å²) in [5.74, 6) is -0.332. The molecule has 0 atom stereocenters. The van der Waals surface area contributed by atoms with Crippen LogP contribution in [0.5, 0.6) is 5.75 Å². The van der Waals surface area contributed by atoms with Crippen molar-refractivity contribution in [2.45, 2.75) is 6.92 Å². The van der Waals surface area contributed by atoms with Gasteiger partial charge in [-0.1, -0.05) is 0 Å². The van der Waals surface area contributed by atoms with Gasteiger partial charge in [0.25, 0.3) is 11.8 Å². The monoisotopic (exact) mass is 314 g/mol. The highest BCUT2D eigenvalue weighted by Crippen LogP contribution is 2.29. The van der Waals surface area contributed by atoms with Crippen molar-refractivity contribution < 1.29 is 18.7 Å². The van der Waals surface area contributed by atoms with Crippen molar-refractivity contribution in [2.24, 2.45) is 0 Å². The number of hydrogen-bond acceptors (Lipinski definition) is 3. The lowest BCUT2D eigenvalue weighted by atomic mass is 10.1. The lowest BCUT2D eigenvalue weighted by Gasteiger charge is -2.23. The number of rotatable bonds is 3. The topological polar surface area (TPSA) is 58.6 Å². The van der Waals surface area contributed by atoms with Gasteiger partial charge < -0.3 is 15.0 Å². The van der Waals surface area contributed by atoms with Gasteiger partial charge in [-0.05, 0) is 49.4 Å². The Balaban J connectivity index is 1.89. The van der Waals surface area contributed by atoms with Gasteiger partial charge in [0, 0.05) is 17.8 Å². The smallest absolute Gasteiger partial charge is 0.262 e. The van der Waals surface area contributed by atoms with Gasteiger partial charge in [-0.2, -0.15) is 0 Å². The highest BCUT2D eigenvalue weighted by Gasteiger charge is 2.21. The van der Waals surface area contributed by atoms with E-state index in [0.717, 1.165) is 0 Å². The van der Waals surface area contributed by atoms with Crippen LogP contribution in [0.15, 0.2) is 42.5 Å². The van der Waals surface area contributed by atoms with Crippen LogP contribution >= 0.6 is 0 Å².